The summed E-state index contributed by atoms with van der Waals surface area (Å²) in [5.41, 5.74) is 13.1. The van der Waals surface area contributed by atoms with Crippen molar-refractivity contribution >= 4 is 10.8 Å². The Morgan fingerprint density at radius 2 is 1.17 bits per heavy atom. The molecule has 3 aliphatic rings. The summed E-state index contributed by atoms with van der Waals surface area (Å²) in [6.07, 6.45) is 6.09. The second-order valence-electron chi connectivity index (χ2n) is 13.1. The molecule has 1 N–H and O–H groups in total. The molecular weight excluding hydrogens is 564 g/mol. The highest BCUT2D eigenvalue weighted by molar-refractivity contribution is 6.09. The average molecular weight is 601 g/mol. The molecule has 9 rings (SSSR count). The van der Waals surface area contributed by atoms with Crippen LogP contribution in [0.4, 0.5) is 0 Å². The summed E-state index contributed by atoms with van der Waals surface area (Å²) in [5.74, 6) is 2.23. The number of ether oxygens (including phenoxy) is 2. The van der Waals surface area contributed by atoms with Crippen molar-refractivity contribution in [2.45, 2.75) is 43.4 Å². The van der Waals surface area contributed by atoms with Gasteiger partial charge in [0.25, 0.3) is 0 Å². The van der Waals surface area contributed by atoms with Gasteiger partial charge in [-0.1, -0.05) is 98.1 Å². The Bertz CT molecular complexity index is 2140. The topological polar surface area (TPSA) is 38.7 Å². The first-order chi connectivity index (χ1) is 22.6. The number of phenols is 1. The molecule has 46 heavy (non-hydrogen) atoms. The molecule has 0 saturated heterocycles. The van der Waals surface area contributed by atoms with Gasteiger partial charge in [0.05, 0.1) is 19.6 Å². The molecule has 0 atom stereocenters. The van der Waals surface area contributed by atoms with Gasteiger partial charge in [-0.05, 0) is 116 Å². The minimum absolute atomic E-state index is 0.346. The van der Waals surface area contributed by atoms with Crippen LogP contribution in [0.1, 0.15) is 65.8 Å². The maximum absolute atomic E-state index is 12.1. The van der Waals surface area contributed by atoms with Gasteiger partial charge in [-0.15, -0.1) is 0 Å². The molecule has 6 aromatic rings. The van der Waals surface area contributed by atoms with Crippen molar-refractivity contribution in [3.05, 3.63) is 137 Å². The smallest absolute Gasteiger partial charge is 0.161 e. The third kappa shape index (κ3) is 3.60. The molecule has 1 saturated carbocycles. The first kappa shape index (κ1) is 27.3. The maximum atomic E-state index is 12.1. The van der Waals surface area contributed by atoms with E-state index in [1.807, 2.05) is 6.07 Å². The Kier molecular flexibility index (Phi) is 6.08. The molecule has 0 heterocycles. The van der Waals surface area contributed by atoms with Crippen LogP contribution in [0.2, 0.25) is 0 Å². The lowest BCUT2D eigenvalue weighted by Gasteiger charge is -2.31. The van der Waals surface area contributed by atoms with E-state index in [0.29, 0.717) is 11.7 Å². The van der Waals surface area contributed by atoms with Crippen LogP contribution in [0.25, 0.3) is 44.2 Å². The van der Waals surface area contributed by atoms with E-state index in [4.69, 9.17) is 9.47 Å². The number of benzene rings is 6. The van der Waals surface area contributed by atoms with E-state index in [0.717, 1.165) is 46.2 Å². The molecule has 1 spiro atoms. The van der Waals surface area contributed by atoms with Gasteiger partial charge in [0.1, 0.15) is 5.75 Å². The van der Waals surface area contributed by atoms with Crippen molar-refractivity contribution in [2.75, 3.05) is 14.2 Å². The maximum Gasteiger partial charge on any atom is 0.161 e. The Morgan fingerprint density at radius 3 is 1.83 bits per heavy atom. The summed E-state index contributed by atoms with van der Waals surface area (Å²) in [6.45, 7) is 0. The van der Waals surface area contributed by atoms with Gasteiger partial charge in [0.2, 0.25) is 0 Å². The summed E-state index contributed by atoms with van der Waals surface area (Å²) >= 11 is 0. The molecule has 1 fully saturated rings. The molecule has 3 heteroatoms. The highest BCUT2D eigenvalue weighted by atomic mass is 16.5. The van der Waals surface area contributed by atoms with Gasteiger partial charge in [0, 0.05) is 5.39 Å². The number of hydrogen-bond donors (Lipinski definition) is 1. The fourth-order valence-corrected chi connectivity index (χ4v) is 9.05. The fourth-order valence-electron chi connectivity index (χ4n) is 9.05. The van der Waals surface area contributed by atoms with Gasteiger partial charge >= 0.3 is 0 Å². The molecule has 3 aliphatic carbocycles. The normalized spacial score (nSPS) is 15.8. The van der Waals surface area contributed by atoms with Gasteiger partial charge in [-0.25, -0.2) is 0 Å². The van der Waals surface area contributed by atoms with Crippen molar-refractivity contribution in [3.8, 4) is 50.6 Å². The Hall–Kier alpha value is -5.02. The molecular formula is C43H36O3. The van der Waals surface area contributed by atoms with E-state index < -0.39 is 5.41 Å². The van der Waals surface area contributed by atoms with Crippen LogP contribution < -0.4 is 9.47 Å². The van der Waals surface area contributed by atoms with E-state index in [1.54, 1.807) is 14.2 Å². The zero-order valence-corrected chi connectivity index (χ0v) is 26.3. The van der Waals surface area contributed by atoms with E-state index in [1.165, 1.54) is 69.3 Å². The Balaban J connectivity index is 1.40. The minimum atomic E-state index is -0.504. The quantitative estimate of drug-likeness (QED) is 0.218. The minimum Gasteiger partial charge on any atom is -0.507 e. The number of hydrogen-bond acceptors (Lipinski definition) is 3. The second-order valence-corrected chi connectivity index (χ2v) is 13.1. The van der Waals surface area contributed by atoms with Crippen LogP contribution in [0.15, 0.2) is 109 Å². The molecule has 0 aliphatic heterocycles. The monoisotopic (exact) mass is 600 g/mol. The lowest BCUT2D eigenvalue weighted by Crippen LogP contribution is -2.25. The molecule has 6 aromatic carbocycles. The highest BCUT2D eigenvalue weighted by Gasteiger charge is 2.52. The van der Waals surface area contributed by atoms with Crippen LogP contribution in [0.5, 0.6) is 17.2 Å². The van der Waals surface area contributed by atoms with Gasteiger partial charge < -0.3 is 14.6 Å². The molecule has 0 unspecified atom stereocenters. The summed E-state index contributed by atoms with van der Waals surface area (Å²) in [5, 5.41) is 14.1. The number of fused-ring (bicyclic) bond motifs is 12. The average Bonchev–Trinajstić information content (AvgIpc) is 3.58. The van der Waals surface area contributed by atoms with Crippen LogP contribution in [0.3, 0.4) is 0 Å². The number of rotatable bonds is 4. The van der Waals surface area contributed by atoms with Crippen molar-refractivity contribution in [2.24, 2.45) is 0 Å². The summed E-state index contributed by atoms with van der Waals surface area (Å²) in [4.78, 5) is 0. The first-order valence-electron chi connectivity index (χ1n) is 16.5. The molecule has 0 amide bonds. The van der Waals surface area contributed by atoms with Gasteiger partial charge in [-0.2, -0.15) is 0 Å². The standard InChI is InChI=1S/C43H36O3/c1-45-40-21-20-27(22-41(40)46-2)32-24-34-33(23-31(32)26-12-4-3-5-13-26)39(44)25-38-42(34)30-16-8-11-19-37(30)43(38)35-17-9-6-14-28(35)29-15-7-10-18-36(29)43/h6-11,14-26,44H,3-5,12-13H2,1-2H3. The lowest BCUT2D eigenvalue weighted by atomic mass is 9.70. The van der Waals surface area contributed by atoms with Crippen LogP contribution in [0, 0.1) is 0 Å². The highest BCUT2D eigenvalue weighted by Crippen LogP contribution is 2.64. The third-order valence-corrected chi connectivity index (χ3v) is 11.0. The predicted molar refractivity (Wildman–Crippen MR) is 186 cm³/mol. The van der Waals surface area contributed by atoms with E-state index in [2.05, 4.69) is 103 Å². The van der Waals surface area contributed by atoms with Gasteiger partial charge in [-0.3, -0.25) is 0 Å². The molecule has 0 radical (unpaired) electrons. The van der Waals surface area contributed by atoms with Crippen molar-refractivity contribution in [3.63, 3.8) is 0 Å². The summed E-state index contributed by atoms with van der Waals surface area (Å²) in [7, 11) is 3.38. The number of methoxy groups -OCH3 is 2. The van der Waals surface area contributed by atoms with Crippen LogP contribution in [-0.2, 0) is 5.41 Å². The van der Waals surface area contributed by atoms with Crippen molar-refractivity contribution in [1.82, 2.24) is 0 Å². The second kappa shape index (κ2) is 10.3. The fraction of sp³-hybridized carbons (Fsp3) is 0.209. The first-order valence-corrected chi connectivity index (χ1v) is 16.5. The summed E-state index contributed by atoms with van der Waals surface area (Å²) < 4.78 is 11.4. The van der Waals surface area contributed by atoms with Crippen molar-refractivity contribution in [1.29, 1.82) is 0 Å². The predicted octanol–water partition coefficient (Wildman–Crippen LogP) is 10.6. The molecule has 3 nitrogen and oxygen atoms in total. The SMILES string of the molecule is COc1ccc(-c2cc3c4c(cc(O)c3cc2C2CCCCC2)C2(c3ccccc3-c3ccccc32)c2ccccc2-4)cc1OC. The lowest BCUT2D eigenvalue weighted by molar-refractivity contribution is 0.355. The number of aromatic hydroxyl groups is 1. The zero-order valence-electron chi connectivity index (χ0n) is 26.3. The van der Waals surface area contributed by atoms with E-state index in [-0.39, 0.29) is 0 Å². The van der Waals surface area contributed by atoms with E-state index >= 15 is 0 Å². The van der Waals surface area contributed by atoms with Gasteiger partial charge in [0.15, 0.2) is 11.5 Å². The molecule has 0 aromatic heterocycles. The Labute approximate surface area is 270 Å². The zero-order chi connectivity index (χ0) is 31.0. The Morgan fingerprint density at radius 1 is 0.565 bits per heavy atom. The third-order valence-electron chi connectivity index (χ3n) is 11.0. The summed E-state index contributed by atoms with van der Waals surface area (Å²) in [6, 6.07) is 39.5. The van der Waals surface area contributed by atoms with Crippen molar-refractivity contribution < 1.29 is 14.6 Å². The molecule has 226 valence electrons. The van der Waals surface area contributed by atoms with E-state index in [9.17, 15) is 5.11 Å². The van der Waals surface area contributed by atoms with Crippen LogP contribution >= 0.6 is 0 Å². The molecule has 0 bridgehead atoms. The van der Waals surface area contributed by atoms with Crippen LogP contribution in [-0.4, -0.2) is 19.3 Å². The largest absolute Gasteiger partial charge is 0.507 e. The number of phenolic OH excluding ortho intramolecular Hbond substituents is 1.